The van der Waals surface area contributed by atoms with E-state index >= 15 is 0 Å². The molecule has 0 radical (unpaired) electrons. The fourth-order valence-electron chi connectivity index (χ4n) is 5.04. The molecule has 0 fully saturated rings. The molecule has 4 aromatic rings. The molecule has 0 unspecified atom stereocenters. The molecular weight excluding hydrogens is 603 g/mol. The highest BCUT2D eigenvalue weighted by atomic mass is 19.4. The van der Waals surface area contributed by atoms with E-state index in [-0.39, 0.29) is 12.4 Å². The number of pyridine rings is 1. The van der Waals surface area contributed by atoms with Crippen molar-refractivity contribution < 1.29 is 27.6 Å². The molecule has 1 aromatic carbocycles. The Kier molecular flexibility index (Phi) is 9.23. The fraction of sp³-hybridized carbons (Fsp3) is 0.258. The summed E-state index contributed by atoms with van der Waals surface area (Å²) in [5.74, 6) is -3.15. The Morgan fingerprint density at radius 1 is 1.04 bits per heavy atom. The molecule has 0 saturated carbocycles. The second kappa shape index (κ2) is 13.3. The number of hydrogen-bond donors (Lipinski definition) is 2. The summed E-state index contributed by atoms with van der Waals surface area (Å²) in [6.07, 6.45) is 0.629. The van der Waals surface area contributed by atoms with Gasteiger partial charge in [-0.3, -0.25) is 19.3 Å². The molecule has 2 N–H and O–H groups in total. The van der Waals surface area contributed by atoms with Gasteiger partial charge in [0.2, 0.25) is 11.7 Å². The number of fused-ring (bicyclic) bond motifs is 1. The number of halogens is 3. The highest BCUT2D eigenvalue weighted by Gasteiger charge is 2.45. The summed E-state index contributed by atoms with van der Waals surface area (Å²) in [5, 5.41) is 9.82. The fourth-order valence-corrected chi connectivity index (χ4v) is 5.04. The van der Waals surface area contributed by atoms with Gasteiger partial charge in [-0.2, -0.15) is 18.3 Å². The van der Waals surface area contributed by atoms with E-state index in [9.17, 15) is 27.6 Å². The van der Waals surface area contributed by atoms with E-state index in [0.717, 1.165) is 6.20 Å². The minimum atomic E-state index is -4.81. The van der Waals surface area contributed by atoms with Crippen LogP contribution in [0, 0.1) is 0 Å². The van der Waals surface area contributed by atoms with Crippen molar-refractivity contribution in [3.63, 3.8) is 0 Å². The lowest BCUT2D eigenvalue weighted by atomic mass is 9.85. The maximum absolute atomic E-state index is 14.2. The smallest absolute Gasteiger partial charge is 0.336 e. The summed E-state index contributed by atoms with van der Waals surface area (Å²) >= 11 is 0. The number of hydrogen-bond acceptors (Lipinski definition) is 8. The Hall–Kier alpha value is -5.44. The molecule has 4 heterocycles. The maximum atomic E-state index is 14.2. The van der Waals surface area contributed by atoms with Crippen LogP contribution in [-0.4, -0.2) is 80.6 Å². The van der Waals surface area contributed by atoms with Crippen molar-refractivity contribution in [2.45, 2.75) is 25.1 Å². The molecule has 46 heavy (non-hydrogen) atoms. The third kappa shape index (κ3) is 6.78. The first kappa shape index (κ1) is 32.0. The molecule has 0 spiro atoms. The minimum Gasteiger partial charge on any atom is -0.336 e. The van der Waals surface area contributed by atoms with Gasteiger partial charge in [0.1, 0.15) is 23.4 Å². The van der Waals surface area contributed by atoms with E-state index in [4.69, 9.17) is 0 Å². The topological polar surface area (TPSA) is 138 Å². The number of amides is 3. The number of anilines is 2. The Balaban J connectivity index is 1.58. The van der Waals surface area contributed by atoms with Gasteiger partial charge in [-0.05, 0) is 51.4 Å². The average molecular weight is 634 g/mol. The SMILES string of the molecule is CCN1C(=O)[C@@H](NC(=O)c2nccc(C(F)(F)F)n2)[C@H](c2cccc(NC(=O)/C=C/CN(C)C)n2)c2cnn(-c3ccccc3)c21. The zero-order chi connectivity index (χ0) is 33.0. The van der Waals surface area contributed by atoms with Gasteiger partial charge >= 0.3 is 6.18 Å². The van der Waals surface area contributed by atoms with Crippen molar-refractivity contribution in [3.05, 3.63) is 102 Å². The molecular formula is C31H30F3N9O3. The number of nitrogens with zero attached hydrogens (tertiary/aromatic N) is 7. The van der Waals surface area contributed by atoms with Crippen molar-refractivity contribution in [2.24, 2.45) is 0 Å². The van der Waals surface area contributed by atoms with Crippen LogP contribution in [0.3, 0.4) is 0 Å². The van der Waals surface area contributed by atoms with Gasteiger partial charge in [-0.25, -0.2) is 19.6 Å². The number of nitrogens with one attached hydrogen (secondary N) is 2. The molecule has 12 nitrogen and oxygen atoms in total. The van der Waals surface area contributed by atoms with Gasteiger partial charge in [0.15, 0.2) is 0 Å². The molecule has 0 bridgehead atoms. The maximum Gasteiger partial charge on any atom is 0.433 e. The van der Waals surface area contributed by atoms with Gasteiger partial charge in [0, 0.05) is 30.9 Å². The van der Waals surface area contributed by atoms with Crippen LogP contribution in [-0.2, 0) is 15.8 Å². The first-order chi connectivity index (χ1) is 22.0. The quantitative estimate of drug-likeness (QED) is 0.268. The van der Waals surface area contributed by atoms with E-state index in [2.05, 4.69) is 30.7 Å². The Morgan fingerprint density at radius 2 is 1.80 bits per heavy atom. The van der Waals surface area contributed by atoms with E-state index in [1.54, 1.807) is 42.1 Å². The highest BCUT2D eigenvalue weighted by molar-refractivity contribution is 6.04. The van der Waals surface area contributed by atoms with Crippen LogP contribution >= 0.6 is 0 Å². The summed E-state index contributed by atoms with van der Waals surface area (Å²) in [4.78, 5) is 55.1. The first-order valence-corrected chi connectivity index (χ1v) is 14.2. The van der Waals surface area contributed by atoms with Crippen LogP contribution in [0.1, 0.15) is 40.4 Å². The van der Waals surface area contributed by atoms with Crippen molar-refractivity contribution >= 4 is 29.4 Å². The van der Waals surface area contributed by atoms with Gasteiger partial charge in [-0.15, -0.1) is 0 Å². The zero-order valence-corrected chi connectivity index (χ0v) is 25.1. The Bertz CT molecular complexity index is 1770. The number of rotatable bonds is 9. The van der Waals surface area contributed by atoms with Crippen LogP contribution in [0.2, 0.25) is 0 Å². The number of aromatic nitrogens is 5. The average Bonchev–Trinajstić information content (AvgIpc) is 3.46. The second-order valence-corrected chi connectivity index (χ2v) is 10.5. The van der Waals surface area contributed by atoms with Crippen LogP contribution in [0.4, 0.5) is 24.8 Å². The standard InChI is InChI=1S/C31H30F3N9O3/c1-4-42-29-20(18-36-43(29)19-10-6-5-7-11-19)25(21-12-8-13-23(37-21)39-24(44)14-9-17-41(2)3)26(30(42)46)40-28(45)27-35-16-15-22(38-27)31(32,33)34/h5-16,18,25-26H,4,17H2,1-3H3,(H,40,45)(H,37,39,44)/b14-9+/t25-,26-/m0/s1. The van der Waals surface area contributed by atoms with Crippen molar-refractivity contribution in [3.8, 4) is 5.69 Å². The predicted molar refractivity (Wildman–Crippen MR) is 162 cm³/mol. The largest absolute Gasteiger partial charge is 0.433 e. The molecule has 3 aromatic heterocycles. The van der Waals surface area contributed by atoms with Crippen LogP contribution in [0.15, 0.2) is 79.1 Å². The number of para-hydroxylation sites is 1. The Morgan fingerprint density at radius 3 is 2.50 bits per heavy atom. The summed E-state index contributed by atoms with van der Waals surface area (Å²) in [5.41, 5.74) is 0.184. The lowest BCUT2D eigenvalue weighted by Crippen LogP contribution is -2.55. The van der Waals surface area contributed by atoms with Gasteiger partial charge in [0.25, 0.3) is 11.8 Å². The molecule has 1 aliphatic heterocycles. The third-order valence-electron chi connectivity index (χ3n) is 7.06. The van der Waals surface area contributed by atoms with Crippen LogP contribution in [0.25, 0.3) is 5.69 Å². The number of benzene rings is 1. The molecule has 15 heteroatoms. The number of likely N-dealkylation sites (N-methyl/N-ethyl adjacent to an activating group) is 2. The summed E-state index contributed by atoms with van der Waals surface area (Å²) in [6.45, 7) is 2.48. The lowest BCUT2D eigenvalue weighted by molar-refractivity contribution is -0.141. The normalized spacial score (nSPS) is 16.5. The van der Waals surface area contributed by atoms with Crippen LogP contribution < -0.4 is 15.5 Å². The molecule has 5 rings (SSSR count). The first-order valence-electron chi connectivity index (χ1n) is 14.2. The van der Waals surface area contributed by atoms with Crippen molar-refractivity contribution in [1.82, 2.24) is 34.9 Å². The van der Waals surface area contributed by atoms with E-state index < -0.39 is 47.4 Å². The summed E-state index contributed by atoms with van der Waals surface area (Å²) in [7, 11) is 3.72. The molecule has 2 atom stereocenters. The molecule has 0 saturated heterocycles. The monoisotopic (exact) mass is 633 g/mol. The minimum absolute atomic E-state index is 0.186. The molecule has 3 amide bonds. The van der Waals surface area contributed by atoms with Gasteiger partial charge in [0.05, 0.1) is 23.5 Å². The van der Waals surface area contributed by atoms with Gasteiger partial charge in [-0.1, -0.05) is 30.3 Å². The third-order valence-corrected chi connectivity index (χ3v) is 7.06. The Labute approximate surface area is 262 Å². The van der Waals surface area contributed by atoms with Crippen molar-refractivity contribution in [1.29, 1.82) is 0 Å². The van der Waals surface area contributed by atoms with E-state index in [1.165, 1.54) is 11.0 Å². The van der Waals surface area contributed by atoms with Crippen molar-refractivity contribution in [2.75, 3.05) is 37.4 Å². The lowest BCUT2D eigenvalue weighted by Gasteiger charge is -2.37. The molecule has 0 aliphatic carbocycles. The molecule has 1 aliphatic rings. The number of carbonyl (C=O) groups excluding carboxylic acids is 3. The summed E-state index contributed by atoms with van der Waals surface area (Å²) in [6, 6.07) is 13.2. The van der Waals surface area contributed by atoms with Crippen LogP contribution in [0.5, 0.6) is 0 Å². The van der Waals surface area contributed by atoms with E-state index in [0.29, 0.717) is 35.4 Å². The van der Waals surface area contributed by atoms with Gasteiger partial charge < -0.3 is 15.5 Å². The highest BCUT2D eigenvalue weighted by Crippen LogP contribution is 2.41. The number of carbonyl (C=O) groups is 3. The summed E-state index contributed by atoms with van der Waals surface area (Å²) < 4.78 is 41.6. The second-order valence-electron chi connectivity index (χ2n) is 10.5. The van der Waals surface area contributed by atoms with E-state index in [1.807, 2.05) is 49.3 Å². The zero-order valence-electron chi connectivity index (χ0n) is 25.1. The number of alkyl halides is 3. The molecule has 238 valence electrons. The predicted octanol–water partition coefficient (Wildman–Crippen LogP) is 3.43.